The van der Waals surface area contributed by atoms with E-state index in [0.717, 1.165) is 35.4 Å². The van der Waals surface area contributed by atoms with Gasteiger partial charge in [-0.05, 0) is 43.2 Å². The second-order valence-corrected chi connectivity index (χ2v) is 7.32. The van der Waals surface area contributed by atoms with Crippen molar-refractivity contribution in [2.75, 3.05) is 13.7 Å². The third kappa shape index (κ3) is 3.28. The molecule has 2 aromatic carbocycles. The minimum absolute atomic E-state index is 0.176. The SMILES string of the molecule is COc1ccc2nc(C3CCCN3C(=O)c3cc(C#N)ccc3-n3nccn3)[nH]c2c1. The first-order valence-corrected chi connectivity index (χ1v) is 9.93. The van der Waals surface area contributed by atoms with Gasteiger partial charge in [0.2, 0.25) is 0 Å². The van der Waals surface area contributed by atoms with Gasteiger partial charge >= 0.3 is 0 Å². The van der Waals surface area contributed by atoms with Crippen molar-refractivity contribution in [1.29, 1.82) is 5.26 Å². The van der Waals surface area contributed by atoms with Gasteiger partial charge in [0.05, 0.1) is 59.5 Å². The number of benzene rings is 2. The highest BCUT2D eigenvalue weighted by molar-refractivity contribution is 5.98. The predicted octanol–water partition coefficient (Wildman–Crippen LogP) is 3.00. The maximum atomic E-state index is 13.6. The van der Waals surface area contributed by atoms with E-state index in [-0.39, 0.29) is 11.9 Å². The number of ether oxygens (including phenoxy) is 1. The lowest BCUT2D eigenvalue weighted by Crippen LogP contribution is -2.32. The number of nitrogens with zero attached hydrogens (tertiary/aromatic N) is 6. The molecule has 2 aromatic heterocycles. The van der Waals surface area contributed by atoms with Gasteiger partial charge in [-0.15, -0.1) is 0 Å². The normalized spacial score (nSPS) is 15.9. The van der Waals surface area contributed by atoms with Crippen LogP contribution in [0.1, 0.15) is 40.6 Å². The van der Waals surface area contributed by atoms with Gasteiger partial charge in [-0.2, -0.15) is 20.3 Å². The zero-order valence-electron chi connectivity index (χ0n) is 16.8. The fourth-order valence-electron chi connectivity index (χ4n) is 4.03. The van der Waals surface area contributed by atoms with Gasteiger partial charge in [0.15, 0.2) is 0 Å². The van der Waals surface area contributed by atoms with Gasteiger partial charge < -0.3 is 14.6 Å². The molecule has 1 aliphatic rings. The Labute approximate surface area is 177 Å². The molecule has 154 valence electrons. The number of H-pyrrole nitrogens is 1. The first-order chi connectivity index (χ1) is 15.2. The number of hydrogen-bond acceptors (Lipinski definition) is 6. The van der Waals surface area contributed by atoms with Crippen molar-refractivity contribution >= 4 is 16.9 Å². The number of nitriles is 1. The number of hydrogen-bond donors (Lipinski definition) is 1. The number of aromatic amines is 1. The standard InChI is InChI=1S/C22H19N7O2/c1-31-15-5-6-17-18(12-15)27-21(26-17)20-3-2-10-28(20)22(30)16-11-14(13-23)4-7-19(16)29-24-8-9-25-29/h4-9,11-12,20H,2-3,10H2,1H3,(H,26,27). The molecule has 1 amide bonds. The Balaban J connectivity index is 1.53. The molecular weight excluding hydrogens is 394 g/mol. The molecule has 5 rings (SSSR count). The Hall–Kier alpha value is -4.19. The van der Waals surface area contributed by atoms with Crippen molar-refractivity contribution in [2.24, 2.45) is 0 Å². The van der Waals surface area contributed by atoms with Crippen LogP contribution in [0.4, 0.5) is 0 Å². The molecule has 31 heavy (non-hydrogen) atoms. The molecule has 1 atom stereocenters. The number of carbonyl (C=O) groups is 1. The Bertz CT molecular complexity index is 1300. The largest absolute Gasteiger partial charge is 0.497 e. The Morgan fingerprint density at radius 2 is 2.06 bits per heavy atom. The molecule has 1 saturated heterocycles. The second kappa shape index (κ2) is 7.57. The number of rotatable bonds is 4. The molecule has 0 spiro atoms. The molecule has 1 unspecified atom stereocenters. The monoisotopic (exact) mass is 413 g/mol. The fraction of sp³-hybridized carbons (Fsp3) is 0.227. The van der Waals surface area contributed by atoms with Crippen molar-refractivity contribution < 1.29 is 9.53 Å². The fourth-order valence-corrected chi connectivity index (χ4v) is 4.03. The highest BCUT2D eigenvalue weighted by Crippen LogP contribution is 2.34. The van der Waals surface area contributed by atoms with Crippen LogP contribution in [0.2, 0.25) is 0 Å². The minimum atomic E-state index is -0.185. The minimum Gasteiger partial charge on any atom is -0.497 e. The van der Waals surface area contributed by atoms with E-state index in [9.17, 15) is 10.1 Å². The molecule has 1 N–H and O–H groups in total. The molecule has 1 aliphatic heterocycles. The van der Waals surface area contributed by atoms with Gasteiger partial charge in [-0.25, -0.2) is 4.98 Å². The van der Waals surface area contributed by atoms with Crippen molar-refractivity contribution in [2.45, 2.75) is 18.9 Å². The summed E-state index contributed by atoms with van der Waals surface area (Å²) >= 11 is 0. The maximum absolute atomic E-state index is 13.6. The summed E-state index contributed by atoms with van der Waals surface area (Å²) in [5.41, 5.74) is 3.02. The van der Waals surface area contributed by atoms with Crippen LogP contribution in [0.3, 0.4) is 0 Å². The lowest BCUT2D eigenvalue weighted by atomic mass is 10.1. The van der Waals surface area contributed by atoms with Crippen LogP contribution in [0.15, 0.2) is 48.8 Å². The van der Waals surface area contributed by atoms with E-state index in [0.29, 0.717) is 23.4 Å². The third-order valence-corrected chi connectivity index (χ3v) is 5.53. The van der Waals surface area contributed by atoms with Crippen LogP contribution in [-0.4, -0.2) is 49.4 Å². The van der Waals surface area contributed by atoms with E-state index in [1.807, 2.05) is 18.2 Å². The number of fused-ring (bicyclic) bond motifs is 1. The molecule has 1 fully saturated rings. The third-order valence-electron chi connectivity index (χ3n) is 5.53. The summed E-state index contributed by atoms with van der Waals surface area (Å²) in [5.74, 6) is 1.31. The summed E-state index contributed by atoms with van der Waals surface area (Å²) in [4.78, 5) is 24.9. The quantitative estimate of drug-likeness (QED) is 0.550. The lowest BCUT2D eigenvalue weighted by Gasteiger charge is -2.24. The molecular formula is C22H19N7O2. The van der Waals surface area contributed by atoms with Crippen molar-refractivity contribution in [3.05, 3.63) is 65.7 Å². The van der Waals surface area contributed by atoms with E-state index in [4.69, 9.17) is 9.72 Å². The summed E-state index contributed by atoms with van der Waals surface area (Å²) in [5, 5.41) is 17.7. The first kappa shape index (κ1) is 18.8. The molecule has 9 nitrogen and oxygen atoms in total. The number of likely N-dealkylation sites (tertiary alicyclic amines) is 1. The van der Waals surface area contributed by atoms with Crippen LogP contribution in [0.5, 0.6) is 5.75 Å². The first-order valence-electron chi connectivity index (χ1n) is 9.93. The van der Waals surface area contributed by atoms with E-state index >= 15 is 0 Å². The number of amides is 1. The molecule has 3 heterocycles. The highest BCUT2D eigenvalue weighted by atomic mass is 16.5. The van der Waals surface area contributed by atoms with Crippen LogP contribution >= 0.6 is 0 Å². The number of nitrogens with one attached hydrogen (secondary N) is 1. The Morgan fingerprint density at radius 1 is 1.23 bits per heavy atom. The number of methoxy groups -OCH3 is 1. The van der Waals surface area contributed by atoms with Gasteiger partial charge in [-0.1, -0.05) is 0 Å². The van der Waals surface area contributed by atoms with E-state index in [2.05, 4.69) is 21.3 Å². The second-order valence-electron chi connectivity index (χ2n) is 7.32. The van der Waals surface area contributed by atoms with Gasteiger partial charge in [0.25, 0.3) is 5.91 Å². The van der Waals surface area contributed by atoms with Crippen LogP contribution in [-0.2, 0) is 0 Å². The Morgan fingerprint density at radius 3 is 2.84 bits per heavy atom. The van der Waals surface area contributed by atoms with Crippen molar-refractivity contribution in [1.82, 2.24) is 29.9 Å². The molecule has 4 aromatic rings. The molecule has 0 radical (unpaired) electrons. The Kier molecular flexibility index (Phi) is 4.59. The molecule has 0 saturated carbocycles. The van der Waals surface area contributed by atoms with E-state index < -0.39 is 0 Å². The van der Waals surface area contributed by atoms with Gasteiger partial charge in [0, 0.05) is 12.6 Å². The molecule has 0 aliphatic carbocycles. The lowest BCUT2D eigenvalue weighted by molar-refractivity contribution is 0.0730. The van der Waals surface area contributed by atoms with Crippen LogP contribution in [0.25, 0.3) is 16.7 Å². The zero-order chi connectivity index (χ0) is 21.4. The summed E-state index contributed by atoms with van der Waals surface area (Å²) in [6, 6.07) is 12.5. The topological polar surface area (TPSA) is 113 Å². The molecule has 0 bridgehead atoms. The highest BCUT2D eigenvalue weighted by Gasteiger charge is 2.34. The predicted molar refractivity (Wildman–Crippen MR) is 112 cm³/mol. The van der Waals surface area contributed by atoms with Crippen LogP contribution in [0, 0.1) is 11.3 Å². The van der Waals surface area contributed by atoms with Crippen LogP contribution < -0.4 is 4.74 Å². The van der Waals surface area contributed by atoms with Crippen molar-refractivity contribution in [3.8, 4) is 17.5 Å². The average molecular weight is 413 g/mol. The zero-order valence-corrected chi connectivity index (χ0v) is 16.8. The van der Waals surface area contributed by atoms with Crippen molar-refractivity contribution in [3.63, 3.8) is 0 Å². The summed E-state index contributed by atoms with van der Waals surface area (Å²) in [6.45, 7) is 0.604. The summed E-state index contributed by atoms with van der Waals surface area (Å²) in [7, 11) is 1.62. The van der Waals surface area contributed by atoms with Gasteiger partial charge in [0.1, 0.15) is 11.6 Å². The number of carbonyl (C=O) groups excluding carboxylic acids is 1. The maximum Gasteiger partial charge on any atom is 0.256 e. The summed E-state index contributed by atoms with van der Waals surface area (Å²) in [6.07, 6.45) is 4.77. The summed E-state index contributed by atoms with van der Waals surface area (Å²) < 4.78 is 5.29. The van der Waals surface area contributed by atoms with Gasteiger partial charge in [-0.3, -0.25) is 4.79 Å². The smallest absolute Gasteiger partial charge is 0.256 e. The number of imidazole rings is 1. The van der Waals surface area contributed by atoms with E-state index in [1.54, 1.807) is 42.6 Å². The number of aromatic nitrogens is 5. The molecule has 9 heteroatoms. The van der Waals surface area contributed by atoms with E-state index in [1.165, 1.54) is 4.80 Å². The average Bonchev–Trinajstić information content (AvgIpc) is 3.57.